The van der Waals surface area contributed by atoms with Gasteiger partial charge in [0.25, 0.3) is 0 Å². The standard InChI is InChI=1S/Cl2O.H4Si/c1-3-2;/h;1H4. The molecule has 0 aromatic rings. The smallest absolute Gasteiger partial charge is 0.0832 e. The van der Waals surface area contributed by atoms with Gasteiger partial charge in [-0.2, -0.15) is 3.84 Å². The molecule has 1 nitrogen and oxygen atoms in total. The largest absolute Gasteiger partial charge is 0.166 e. The van der Waals surface area contributed by atoms with Crippen LogP contribution in [0.2, 0.25) is 0 Å². The fraction of sp³-hybridized carbons (Fsp3) is 0. The van der Waals surface area contributed by atoms with Crippen molar-refractivity contribution in [1.29, 1.82) is 0 Å². The highest BCUT2D eigenvalue weighted by atomic mass is 35.6. The summed E-state index contributed by atoms with van der Waals surface area (Å²) in [5.74, 6) is 0. The van der Waals surface area contributed by atoms with Gasteiger partial charge in [-0.25, -0.2) is 0 Å². The van der Waals surface area contributed by atoms with Crippen molar-refractivity contribution in [3.05, 3.63) is 0 Å². The van der Waals surface area contributed by atoms with Crippen molar-refractivity contribution in [2.75, 3.05) is 0 Å². The summed E-state index contributed by atoms with van der Waals surface area (Å²) < 4.78 is 3.19. The van der Waals surface area contributed by atoms with Gasteiger partial charge in [-0.15, -0.1) is 0 Å². The molecule has 0 atom stereocenters. The van der Waals surface area contributed by atoms with Gasteiger partial charge in [0.15, 0.2) is 0 Å². The minimum Gasteiger partial charge on any atom is -0.166 e. The number of hydrogen-bond donors (Lipinski definition) is 0. The summed E-state index contributed by atoms with van der Waals surface area (Å²) in [6.45, 7) is 0. The molecule has 0 N–H and O–H groups in total. The van der Waals surface area contributed by atoms with Crippen molar-refractivity contribution >= 4 is 34.7 Å². The second-order valence-electron chi connectivity index (χ2n) is 0.0583. The molecular weight excluding hydrogens is 115 g/mol. The molecule has 0 aliphatic rings. The molecule has 0 saturated carbocycles. The monoisotopic (exact) mass is 118 g/mol. The predicted octanol–water partition coefficient (Wildman–Crippen LogP) is -0.141. The first-order chi connectivity index (χ1) is 1.41. The number of halogens is 2. The Morgan fingerprint density at radius 1 is 1.25 bits per heavy atom. The molecule has 28 valence electrons. The molecule has 0 bridgehead atoms. The summed E-state index contributed by atoms with van der Waals surface area (Å²) in [6.07, 6.45) is 0. The van der Waals surface area contributed by atoms with E-state index in [1.165, 1.54) is 0 Å². The molecular formula is H4Cl2OSi. The maximum atomic E-state index is 4.26. The van der Waals surface area contributed by atoms with Gasteiger partial charge in [0.1, 0.15) is 0 Å². The van der Waals surface area contributed by atoms with Crippen molar-refractivity contribution in [1.82, 2.24) is 0 Å². The zero-order valence-electron chi connectivity index (χ0n) is 1.16. The second-order valence-corrected chi connectivity index (χ2v) is 0.525. The molecule has 0 spiro atoms. The highest BCUT2D eigenvalue weighted by Crippen LogP contribution is 1.78. The Balaban J connectivity index is 0. The number of hydrogen-bond acceptors (Lipinski definition) is 1. The van der Waals surface area contributed by atoms with Crippen LogP contribution in [-0.4, -0.2) is 11.0 Å². The molecule has 0 aliphatic heterocycles. The Kier molecular flexibility index (Phi) is 20.4. The molecule has 0 rings (SSSR count). The van der Waals surface area contributed by atoms with E-state index in [1.54, 1.807) is 0 Å². The normalized spacial score (nSPS) is 4.50. The van der Waals surface area contributed by atoms with Crippen molar-refractivity contribution < 1.29 is 3.84 Å². The fourth-order valence-corrected chi connectivity index (χ4v) is 0. The first-order valence-corrected chi connectivity index (χ1v) is 0.926. The lowest BCUT2D eigenvalue weighted by Crippen LogP contribution is -1.15. The molecule has 0 aliphatic carbocycles. The van der Waals surface area contributed by atoms with E-state index in [1.807, 2.05) is 0 Å². The highest BCUT2D eigenvalue weighted by molar-refractivity contribution is 6.24. The molecule has 0 amide bonds. The van der Waals surface area contributed by atoms with Crippen LogP contribution in [0.1, 0.15) is 0 Å². The molecule has 0 unspecified atom stereocenters. The second kappa shape index (κ2) is 9.25. The molecule has 4 heteroatoms. The summed E-state index contributed by atoms with van der Waals surface area (Å²) in [7, 11) is 0. The van der Waals surface area contributed by atoms with E-state index in [0.717, 1.165) is 0 Å². The van der Waals surface area contributed by atoms with E-state index in [9.17, 15) is 0 Å². The summed E-state index contributed by atoms with van der Waals surface area (Å²) in [5.41, 5.74) is 0. The van der Waals surface area contributed by atoms with Crippen LogP contribution in [-0.2, 0) is 3.84 Å². The van der Waals surface area contributed by atoms with Gasteiger partial charge in [0.05, 0.1) is 23.7 Å². The highest BCUT2D eigenvalue weighted by Gasteiger charge is 1.38. The summed E-state index contributed by atoms with van der Waals surface area (Å²) in [5, 5.41) is 0. The van der Waals surface area contributed by atoms with E-state index in [4.69, 9.17) is 0 Å². The number of rotatable bonds is 0. The minimum absolute atomic E-state index is 0. The van der Waals surface area contributed by atoms with Gasteiger partial charge in [0.2, 0.25) is 0 Å². The van der Waals surface area contributed by atoms with E-state index in [2.05, 4.69) is 27.6 Å². The van der Waals surface area contributed by atoms with Crippen molar-refractivity contribution in [2.24, 2.45) is 0 Å². The van der Waals surface area contributed by atoms with Gasteiger partial charge < -0.3 is 0 Å². The summed E-state index contributed by atoms with van der Waals surface area (Å²) in [6, 6.07) is 0. The van der Waals surface area contributed by atoms with Gasteiger partial charge in [-0.1, -0.05) is 0 Å². The lowest BCUT2D eigenvalue weighted by atomic mass is 15.9. The first kappa shape index (κ1) is 8.83. The average molecular weight is 119 g/mol. The molecule has 0 radical (unpaired) electrons. The quantitative estimate of drug-likeness (QED) is 0.403. The Labute approximate surface area is 39.2 Å². The zero-order chi connectivity index (χ0) is 2.71. The van der Waals surface area contributed by atoms with Crippen LogP contribution in [0.5, 0.6) is 0 Å². The zero-order valence-corrected chi connectivity index (χ0v) is 2.68. The third-order valence-corrected chi connectivity index (χ3v) is 0. The third-order valence-electron chi connectivity index (χ3n) is 0. The van der Waals surface area contributed by atoms with Crippen molar-refractivity contribution in [3.63, 3.8) is 0 Å². The Hall–Kier alpha value is 0.757. The Bertz CT molecular complexity index is 6.00. The van der Waals surface area contributed by atoms with Crippen LogP contribution in [0.4, 0.5) is 0 Å². The van der Waals surface area contributed by atoms with Gasteiger partial charge in [-0.05, 0) is 11.0 Å². The molecule has 4 heavy (non-hydrogen) atoms. The van der Waals surface area contributed by atoms with E-state index in [-0.39, 0.29) is 11.0 Å². The molecule has 0 aromatic carbocycles. The van der Waals surface area contributed by atoms with Crippen LogP contribution in [0.3, 0.4) is 0 Å². The average Bonchev–Trinajstić information content (AvgIpc) is 0.918. The van der Waals surface area contributed by atoms with Crippen LogP contribution in [0, 0.1) is 0 Å². The molecule has 0 fully saturated rings. The lowest BCUT2D eigenvalue weighted by molar-refractivity contribution is 0.697. The fourth-order valence-electron chi connectivity index (χ4n) is 0. The Morgan fingerprint density at radius 2 is 1.25 bits per heavy atom. The maximum Gasteiger partial charge on any atom is 0.0832 e. The van der Waals surface area contributed by atoms with E-state index in [0.29, 0.717) is 0 Å². The van der Waals surface area contributed by atoms with Gasteiger partial charge >= 0.3 is 0 Å². The Morgan fingerprint density at radius 3 is 1.25 bits per heavy atom. The third kappa shape index (κ3) is 14.9. The lowest BCUT2D eigenvalue weighted by Gasteiger charge is -1.46. The topological polar surface area (TPSA) is 9.23 Å². The van der Waals surface area contributed by atoms with Crippen molar-refractivity contribution in [2.45, 2.75) is 0 Å². The predicted molar refractivity (Wildman–Crippen MR) is 24.1 cm³/mol. The molecule has 0 aromatic heterocycles. The van der Waals surface area contributed by atoms with E-state index < -0.39 is 0 Å². The molecule has 0 saturated heterocycles. The van der Waals surface area contributed by atoms with Crippen LogP contribution in [0.25, 0.3) is 0 Å². The van der Waals surface area contributed by atoms with Gasteiger partial charge in [0, 0.05) is 0 Å². The maximum absolute atomic E-state index is 4.26. The van der Waals surface area contributed by atoms with Crippen LogP contribution < -0.4 is 0 Å². The van der Waals surface area contributed by atoms with E-state index >= 15 is 0 Å². The van der Waals surface area contributed by atoms with Crippen LogP contribution in [0.15, 0.2) is 0 Å². The molecule has 0 heterocycles. The summed E-state index contributed by atoms with van der Waals surface area (Å²) in [4.78, 5) is 0. The van der Waals surface area contributed by atoms with Crippen LogP contribution >= 0.6 is 23.7 Å². The minimum atomic E-state index is 0. The van der Waals surface area contributed by atoms with Crippen molar-refractivity contribution in [3.8, 4) is 0 Å². The SMILES string of the molecule is ClOCl.[SiH4]. The first-order valence-electron chi connectivity index (χ1n) is 0.309. The van der Waals surface area contributed by atoms with Gasteiger partial charge in [-0.3, -0.25) is 0 Å². The summed E-state index contributed by atoms with van der Waals surface area (Å²) >= 11 is 8.53.